The average molecular weight is 653 g/mol. The molecule has 4 unspecified atom stereocenters. The molecule has 3 aromatic heterocycles. The molecule has 5 aliphatic rings. The molecule has 244 valence electrons. The highest BCUT2D eigenvalue weighted by Crippen LogP contribution is 2.51. The quantitative estimate of drug-likeness (QED) is 0.186. The molecule has 11 rings (SSSR count). The predicted octanol–water partition coefficient (Wildman–Crippen LogP) is 6.06. The lowest BCUT2D eigenvalue weighted by atomic mass is 9.82. The van der Waals surface area contributed by atoms with Crippen molar-refractivity contribution in [3.8, 4) is 22.4 Å². The molecule has 3 aromatic carbocycles. The number of hydrogen-bond acceptors (Lipinski definition) is 2. The maximum atomic E-state index is 2.84. The Balaban J connectivity index is 1.28. The first kappa shape index (κ1) is 28.5. The van der Waals surface area contributed by atoms with Gasteiger partial charge in [-0.3, -0.25) is 0 Å². The van der Waals surface area contributed by atoms with Gasteiger partial charge in [-0.15, -0.1) is 0 Å². The van der Waals surface area contributed by atoms with E-state index in [1.54, 1.807) is 0 Å². The zero-order valence-corrected chi connectivity index (χ0v) is 28.8. The third kappa shape index (κ3) is 3.50. The standard InChI is InChI=1S/C45H42N5/c1-44-41-22-12-21-38(46(41)2)36-16-4-6-20-40(36)48-28-27-47(42(44)29-31-13-7-9-25-49(31)44)39-19-5-3-15-35(39)33-17-11-18-37-34(33)23-24-45(37)43(48)30-32-14-8-10-26-50(32)45/h3-22,25-26,42-43H,23-24,27-30H2,1-2H3/q+3. The Morgan fingerprint density at radius 2 is 1.22 bits per heavy atom. The van der Waals surface area contributed by atoms with E-state index in [9.17, 15) is 0 Å². The van der Waals surface area contributed by atoms with Crippen LogP contribution in [0.5, 0.6) is 0 Å². The lowest BCUT2D eigenvalue weighted by Gasteiger charge is -2.41. The lowest BCUT2D eigenvalue weighted by Crippen LogP contribution is -2.66. The lowest BCUT2D eigenvalue weighted by molar-refractivity contribution is -0.779. The number of anilines is 2. The van der Waals surface area contributed by atoms with Crippen LogP contribution in [0.4, 0.5) is 11.4 Å². The first-order chi connectivity index (χ1) is 24.6. The minimum absolute atomic E-state index is 0.155. The third-order valence-corrected chi connectivity index (χ3v) is 13.3. The summed E-state index contributed by atoms with van der Waals surface area (Å²) in [5.41, 5.74) is 14.7. The van der Waals surface area contributed by atoms with E-state index >= 15 is 0 Å². The summed E-state index contributed by atoms with van der Waals surface area (Å²) in [7, 11) is 2.30. The maximum absolute atomic E-state index is 2.84. The number of fused-ring (bicyclic) bond motifs is 18. The Labute approximate surface area is 294 Å². The second kappa shape index (κ2) is 10.1. The van der Waals surface area contributed by atoms with E-state index in [0.29, 0.717) is 0 Å². The van der Waals surface area contributed by atoms with Crippen molar-refractivity contribution < 1.29 is 13.7 Å². The summed E-state index contributed by atoms with van der Waals surface area (Å²) < 4.78 is 7.76. The molecule has 0 fully saturated rings. The molecule has 4 atom stereocenters. The highest BCUT2D eigenvalue weighted by Gasteiger charge is 2.63. The molecule has 1 aliphatic carbocycles. The van der Waals surface area contributed by atoms with E-state index in [2.05, 4.69) is 171 Å². The summed E-state index contributed by atoms with van der Waals surface area (Å²) >= 11 is 0. The summed E-state index contributed by atoms with van der Waals surface area (Å²) in [6.07, 6.45) is 8.86. The largest absolute Gasteiger partial charge is 0.358 e. The van der Waals surface area contributed by atoms with Gasteiger partial charge in [-0.2, -0.15) is 13.7 Å². The predicted molar refractivity (Wildman–Crippen MR) is 196 cm³/mol. The number of rotatable bonds is 0. The highest BCUT2D eigenvalue weighted by atomic mass is 15.3. The van der Waals surface area contributed by atoms with Crippen molar-refractivity contribution in [2.24, 2.45) is 7.05 Å². The number of aromatic nitrogens is 3. The van der Waals surface area contributed by atoms with E-state index in [0.717, 1.165) is 38.8 Å². The Hall–Kier alpha value is -5.29. The summed E-state index contributed by atoms with van der Waals surface area (Å²) in [4.78, 5) is 5.66. The zero-order chi connectivity index (χ0) is 33.2. The fraction of sp³-hybridized carbons (Fsp3) is 0.267. The smallest absolute Gasteiger partial charge is 0.268 e. The van der Waals surface area contributed by atoms with Crippen LogP contribution in [-0.2, 0) is 37.4 Å². The molecule has 4 aliphatic heterocycles. The van der Waals surface area contributed by atoms with Crippen molar-refractivity contribution in [2.75, 3.05) is 22.9 Å². The molecule has 0 N–H and O–H groups in total. The molecule has 5 nitrogen and oxygen atoms in total. The Morgan fingerprint density at radius 1 is 0.600 bits per heavy atom. The van der Waals surface area contributed by atoms with Crippen LogP contribution < -0.4 is 23.5 Å². The van der Waals surface area contributed by atoms with Crippen LogP contribution in [0, 0.1) is 0 Å². The van der Waals surface area contributed by atoms with Crippen molar-refractivity contribution >= 4 is 11.4 Å². The van der Waals surface area contributed by atoms with Crippen LogP contribution in [0.3, 0.4) is 0 Å². The molecule has 6 aromatic rings. The van der Waals surface area contributed by atoms with E-state index in [4.69, 9.17) is 0 Å². The van der Waals surface area contributed by atoms with Gasteiger partial charge in [0.15, 0.2) is 23.8 Å². The fourth-order valence-corrected chi connectivity index (χ4v) is 11.2. The summed E-state index contributed by atoms with van der Waals surface area (Å²) in [6.45, 7) is 4.33. The first-order valence-corrected chi connectivity index (χ1v) is 18.4. The molecule has 1 spiro atoms. The van der Waals surface area contributed by atoms with Gasteiger partial charge in [-0.25, -0.2) is 0 Å². The van der Waals surface area contributed by atoms with Crippen molar-refractivity contribution in [3.63, 3.8) is 0 Å². The number of benzene rings is 3. The highest BCUT2D eigenvalue weighted by molar-refractivity contribution is 5.83. The van der Waals surface area contributed by atoms with Gasteiger partial charge in [0.25, 0.3) is 11.2 Å². The van der Waals surface area contributed by atoms with Crippen LogP contribution in [0.1, 0.15) is 41.6 Å². The molecule has 0 saturated heterocycles. The molecule has 0 amide bonds. The van der Waals surface area contributed by atoms with Gasteiger partial charge >= 0.3 is 0 Å². The summed E-state index contributed by atoms with van der Waals surface area (Å²) in [5.74, 6) is 0. The molecule has 0 saturated carbocycles. The Morgan fingerprint density at radius 3 is 2.04 bits per heavy atom. The zero-order valence-electron chi connectivity index (χ0n) is 28.8. The van der Waals surface area contributed by atoms with E-state index in [1.807, 2.05) is 0 Å². The molecule has 8 bridgehead atoms. The minimum Gasteiger partial charge on any atom is -0.358 e. The van der Waals surface area contributed by atoms with Crippen molar-refractivity contribution in [1.29, 1.82) is 0 Å². The van der Waals surface area contributed by atoms with Gasteiger partial charge in [0, 0.05) is 79.6 Å². The van der Waals surface area contributed by atoms with Crippen molar-refractivity contribution in [1.82, 2.24) is 0 Å². The van der Waals surface area contributed by atoms with Crippen molar-refractivity contribution in [3.05, 3.63) is 162 Å². The topological polar surface area (TPSA) is 18.1 Å². The molecule has 0 radical (unpaired) electrons. The van der Waals surface area contributed by atoms with Crippen LogP contribution >= 0.6 is 0 Å². The second-order valence-corrected chi connectivity index (χ2v) is 15.2. The third-order valence-electron chi connectivity index (χ3n) is 13.3. The Bertz CT molecular complexity index is 2380. The minimum atomic E-state index is -0.316. The monoisotopic (exact) mass is 652 g/mol. The maximum Gasteiger partial charge on any atom is 0.268 e. The van der Waals surface area contributed by atoms with Gasteiger partial charge in [-0.1, -0.05) is 60.7 Å². The average Bonchev–Trinajstić information content (AvgIpc) is 3.80. The van der Waals surface area contributed by atoms with E-state index < -0.39 is 0 Å². The van der Waals surface area contributed by atoms with E-state index in [-0.39, 0.29) is 23.2 Å². The van der Waals surface area contributed by atoms with Crippen molar-refractivity contribution in [2.45, 2.75) is 55.8 Å². The van der Waals surface area contributed by atoms with E-state index in [1.165, 1.54) is 62.0 Å². The summed E-state index contributed by atoms with van der Waals surface area (Å²) in [5, 5.41) is 0. The normalized spacial score (nSPS) is 25.0. The number of para-hydroxylation sites is 2. The first-order valence-electron chi connectivity index (χ1n) is 18.4. The van der Waals surface area contributed by atoms with Crippen LogP contribution in [0.25, 0.3) is 22.4 Å². The molecule has 50 heavy (non-hydrogen) atoms. The van der Waals surface area contributed by atoms with Gasteiger partial charge in [0.2, 0.25) is 11.2 Å². The summed E-state index contributed by atoms with van der Waals surface area (Å²) in [6, 6.07) is 46.9. The number of pyridine rings is 3. The van der Waals surface area contributed by atoms with Gasteiger partial charge < -0.3 is 9.80 Å². The molecular weight excluding hydrogens is 611 g/mol. The van der Waals surface area contributed by atoms with Crippen LogP contribution in [-0.4, -0.2) is 25.2 Å². The molecular formula is C45H42N5+3. The number of hydrogen-bond donors (Lipinski definition) is 0. The van der Waals surface area contributed by atoms with Gasteiger partial charge in [-0.05, 0) is 41.8 Å². The second-order valence-electron chi connectivity index (χ2n) is 15.2. The fourth-order valence-electron chi connectivity index (χ4n) is 11.2. The van der Waals surface area contributed by atoms with Crippen LogP contribution in [0.2, 0.25) is 0 Å². The van der Waals surface area contributed by atoms with Crippen LogP contribution in [0.15, 0.2) is 134 Å². The Kier molecular flexibility index (Phi) is 5.78. The van der Waals surface area contributed by atoms with Gasteiger partial charge in [0.05, 0.1) is 24.1 Å². The number of nitrogens with zero attached hydrogens (tertiary/aromatic N) is 5. The van der Waals surface area contributed by atoms with Gasteiger partial charge in [0.1, 0.15) is 19.1 Å². The SMILES string of the molecule is C[n+]1c2cccc1C1(C)C(Cc3cccc[n+]31)N1CCN(c3ccccc3-2)C2Cc3cccc[n+]3C23CCc2c(cccc23)-c2ccccc21. The molecule has 7 heterocycles. The molecule has 5 heteroatoms.